The van der Waals surface area contributed by atoms with E-state index in [1.54, 1.807) is 0 Å². The van der Waals surface area contributed by atoms with Crippen molar-refractivity contribution in [1.82, 2.24) is 4.31 Å². The van der Waals surface area contributed by atoms with Gasteiger partial charge in [0.15, 0.2) is 0 Å². The van der Waals surface area contributed by atoms with Crippen molar-refractivity contribution >= 4 is 16.0 Å². The summed E-state index contributed by atoms with van der Waals surface area (Å²) >= 11 is 0. The molecule has 0 saturated heterocycles. The number of carbonyl (C=O) groups excluding carboxylic acids is 1. The van der Waals surface area contributed by atoms with Crippen LogP contribution < -0.4 is 5.73 Å². The molecular weight excluding hydrogens is 256 g/mol. The molecule has 7 heteroatoms. The van der Waals surface area contributed by atoms with Crippen LogP contribution in [-0.2, 0) is 19.6 Å². The number of hydrogen-bond acceptors (Lipinski definition) is 5. The Bertz CT molecular complexity index is 354. The number of esters is 1. The number of hydrogen-bond donors (Lipinski definition) is 1. The van der Waals surface area contributed by atoms with Crippen molar-refractivity contribution in [3.05, 3.63) is 0 Å². The normalized spacial score (nSPS) is 13.9. The lowest BCUT2D eigenvalue weighted by atomic mass is 10.0. The lowest BCUT2D eigenvalue weighted by Crippen LogP contribution is -2.36. The highest BCUT2D eigenvalue weighted by molar-refractivity contribution is 7.89. The minimum absolute atomic E-state index is 0.0248. The van der Waals surface area contributed by atoms with E-state index in [1.807, 2.05) is 13.8 Å². The molecule has 1 atom stereocenters. The highest BCUT2D eigenvalue weighted by Gasteiger charge is 2.20. The first kappa shape index (κ1) is 17.3. The van der Waals surface area contributed by atoms with Crippen LogP contribution in [-0.4, -0.2) is 51.2 Å². The highest BCUT2D eigenvalue weighted by atomic mass is 32.2. The Morgan fingerprint density at radius 3 is 2.39 bits per heavy atom. The van der Waals surface area contributed by atoms with E-state index in [0.717, 1.165) is 0 Å². The van der Waals surface area contributed by atoms with Crippen LogP contribution in [0.2, 0.25) is 0 Å². The number of rotatable bonds is 8. The number of sulfonamides is 1. The Hall–Kier alpha value is -0.660. The first-order valence-corrected chi connectivity index (χ1v) is 7.58. The average Bonchev–Trinajstić information content (AvgIpc) is 2.32. The van der Waals surface area contributed by atoms with Gasteiger partial charge in [-0.15, -0.1) is 0 Å². The minimum atomic E-state index is -3.41. The van der Waals surface area contributed by atoms with Gasteiger partial charge in [-0.2, -0.15) is 0 Å². The summed E-state index contributed by atoms with van der Waals surface area (Å²) in [5, 5.41) is 0. The van der Waals surface area contributed by atoms with Gasteiger partial charge in [0, 0.05) is 19.6 Å². The van der Waals surface area contributed by atoms with Gasteiger partial charge in [0.1, 0.15) is 0 Å². The van der Waals surface area contributed by atoms with Crippen LogP contribution in [0.3, 0.4) is 0 Å². The molecular formula is C11H24N2O4S. The molecule has 0 bridgehead atoms. The molecule has 0 aromatic carbocycles. The van der Waals surface area contributed by atoms with Crippen LogP contribution >= 0.6 is 0 Å². The third-order valence-electron chi connectivity index (χ3n) is 2.90. The molecule has 0 radical (unpaired) electrons. The Kier molecular flexibility index (Phi) is 7.42. The number of nitrogens with two attached hydrogens (primary N) is 1. The lowest BCUT2D eigenvalue weighted by molar-refractivity contribution is -0.140. The molecule has 6 nitrogen and oxygen atoms in total. The minimum Gasteiger partial charge on any atom is -0.469 e. The standard InChI is InChI=1S/C11H24N2O4S/c1-9(2)10(12)5-7-13(3)18(15,16)8-6-11(14)17-4/h9-10H,5-8,12H2,1-4H3. The van der Waals surface area contributed by atoms with Gasteiger partial charge in [0.05, 0.1) is 19.3 Å². The molecule has 0 aliphatic carbocycles. The first-order valence-electron chi connectivity index (χ1n) is 5.97. The maximum absolute atomic E-state index is 11.8. The van der Waals surface area contributed by atoms with Crippen LogP contribution in [0, 0.1) is 5.92 Å². The maximum atomic E-state index is 11.8. The fraction of sp³-hybridized carbons (Fsp3) is 0.909. The van der Waals surface area contributed by atoms with Gasteiger partial charge in [0.2, 0.25) is 10.0 Å². The van der Waals surface area contributed by atoms with Crippen molar-refractivity contribution in [3.8, 4) is 0 Å². The van der Waals surface area contributed by atoms with Crippen LogP contribution in [0.5, 0.6) is 0 Å². The van der Waals surface area contributed by atoms with E-state index in [2.05, 4.69) is 4.74 Å². The summed E-state index contributed by atoms with van der Waals surface area (Å²) in [4.78, 5) is 10.9. The van der Waals surface area contributed by atoms with Crippen LogP contribution in [0.1, 0.15) is 26.7 Å². The molecule has 1 unspecified atom stereocenters. The predicted octanol–water partition coefficient (Wildman–Crippen LogP) is 0.185. The zero-order chi connectivity index (χ0) is 14.3. The lowest BCUT2D eigenvalue weighted by Gasteiger charge is -2.21. The van der Waals surface area contributed by atoms with Crippen LogP contribution in [0.15, 0.2) is 0 Å². The maximum Gasteiger partial charge on any atom is 0.306 e. The van der Waals surface area contributed by atoms with E-state index in [0.29, 0.717) is 18.9 Å². The summed E-state index contributed by atoms with van der Waals surface area (Å²) in [5.74, 6) is -0.436. The van der Waals surface area contributed by atoms with Crippen LogP contribution in [0.4, 0.5) is 0 Å². The Labute approximate surface area is 110 Å². The molecule has 2 N–H and O–H groups in total. The largest absolute Gasteiger partial charge is 0.469 e. The number of methoxy groups -OCH3 is 1. The quantitative estimate of drug-likeness (QED) is 0.641. The van der Waals surface area contributed by atoms with Gasteiger partial charge < -0.3 is 10.5 Å². The zero-order valence-corrected chi connectivity index (χ0v) is 12.4. The third-order valence-corrected chi connectivity index (χ3v) is 4.75. The summed E-state index contributed by atoms with van der Waals surface area (Å²) in [6.07, 6.45) is 0.477. The SMILES string of the molecule is COC(=O)CCS(=O)(=O)N(C)CCC(N)C(C)C. The Morgan fingerprint density at radius 2 is 1.94 bits per heavy atom. The summed E-state index contributed by atoms with van der Waals surface area (Å²) < 4.78 is 29.3. The Morgan fingerprint density at radius 1 is 1.39 bits per heavy atom. The number of carbonyl (C=O) groups is 1. The predicted molar refractivity (Wildman–Crippen MR) is 70.5 cm³/mol. The van der Waals surface area contributed by atoms with E-state index in [-0.39, 0.29) is 18.2 Å². The second kappa shape index (κ2) is 7.70. The summed E-state index contributed by atoms with van der Waals surface area (Å²) in [7, 11) is -0.674. The molecule has 0 saturated carbocycles. The second-order valence-corrected chi connectivity index (χ2v) is 6.86. The smallest absolute Gasteiger partial charge is 0.306 e. The molecule has 0 aliphatic rings. The topological polar surface area (TPSA) is 89.7 Å². The van der Waals surface area contributed by atoms with Crippen molar-refractivity contribution in [2.24, 2.45) is 11.7 Å². The first-order chi connectivity index (χ1) is 8.20. The highest BCUT2D eigenvalue weighted by Crippen LogP contribution is 2.07. The molecule has 0 aliphatic heterocycles. The molecule has 18 heavy (non-hydrogen) atoms. The van der Waals surface area contributed by atoms with E-state index in [9.17, 15) is 13.2 Å². The van der Waals surface area contributed by atoms with Crippen molar-refractivity contribution < 1.29 is 17.9 Å². The number of nitrogens with zero attached hydrogens (tertiary/aromatic N) is 1. The fourth-order valence-electron chi connectivity index (χ4n) is 1.27. The van der Waals surface area contributed by atoms with Gasteiger partial charge in [-0.3, -0.25) is 4.79 Å². The summed E-state index contributed by atoms with van der Waals surface area (Å²) in [6.45, 7) is 4.36. The van der Waals surface area contributed by atoms with Crippen molar-refractivity contribution in [2.45, 2.75) is 32.7 Å². The average molecular weight is 280 g/mol. The molecule has 0 aromatic rings. The fourth-order valence-corrected chi connectivity index (χ4v) is 2.39. The molecule has 0 rings (SSSR count). The summed E-state index contributed by atoms with van der Waals surface area (Å²) in [5.41, 5.74) is 5.86. The molecule has 0 fully saturated rings. The van der Waals surface area contributed by atoms with Crippen molar-refractivity contribution in [2.75, 3.05) is 26.5 Å². The number of ether oxygens (including phenoxy) is 1. The van der Waals surface area contributed by atoms with Gasteiger partial charge in [-0.05, 0) is 12.3 Å². The van der Waals surface area contributed by atoms with Gasteiger partial charge in [-0.1, -0.05) is 13.8 Å². The summed E-state index contributed by atoms with van der Waals surface area (Å²) in [6, 6.07) is -0.0248. The molecule has 0 spiro atoms. The van der Waals surface area contributed by atoms with Crippen molar-refractivity contribution in [3.63, 3.8) is 0 Å². The van der Waals surface area contributed by atoms with Gasteiger partial charge >= 0.3 is 5.97 Å². The zero-order valence-electron chi connectivity index (χ0n) is 11.5. The molecule has 0 amide bonds. The van der Waals surface area contributed by atoms with E-state index < -0.39 is 16.0 Å². The monoisotopic (exact) mass is 280 g/mol. The molecule has 108 valence electrons. The van der Waals surface area contributed by atoms with Gasteiger partial charge in [0.25, 0.3) is 0 Å². The van der Waals surface area contributed by atoms with Crippen molar-refractivity contribution in [1.29, 1.82) is 0 Å². The van der Waals surface area contributed by atoms with E-state index >= 15 is 0 Å². The third kappa shape index (κ3) is 6.32. The Balaban J connectivity index is 4.22. The molecule has 0 aromatic heterocycles. The van der Waals surface area contributed by atoms with E-state index in [4.69, 9.17) is 5.73 Å². The molecule has 0 heterocycles. The van der Waals surface area contributed by atoms with Crippen LogP contribution in [0.25, 0.3) is 0 Å². The van der Waals surface area contributed by atoms with Gasteiger partial charge in [-0.25, -0.2) is 12.7 Å². The van der Waals surface area contributed by atoms with E-state index in [1.165, 1.54) is 18.5 Å². The second-order valence-electron chi connectivity index (χ2n) is 4.66.